The average Bonchev–Trinajstić information content (AvgIpc) is 3.38. The summed E-state index contributed by atoms with van der Waals surface area (Å²) in [4.78, 5) is 52.8. The van der Waals surface area contributed by atoms with Crippen molar-refractivity contribution in [2.45, 2.75) is 45.2 Å². The molecule has 4 amide bonds. The molecule has 33 heavy (non-hydrogen) atoms. The molecule has 1 aliphatic rings. The Kier molecular flexibility index (Phi) is 7.57. The molecule has 0 spiro atoms. The van der Waals surface area contributed by atoms with Gasteiger partial charge in [-0.2, -0.15) is 0 Å². The number of nitrogens with two attached hydrogens (primary N) is 1. The number of aromatic nitrogens is 1. The van der Waals surface area contributed by atoms with E-state index in [1.807, 2.05) is 26.0 Å². The molecule has 10 heteroatoms. The van der Waals surface area contributed by atoms with Gasteiger partial charge >= 0.3 is 0 Å². The van der Waals surface area contributed by atoms with Gasteiger partial charge in [0.25, 0.3) is 5.91 Å². The quantitative estimate of drug-likeness (QED) is 0.357. The number of carbonyl (C=O) groups excluding carboxylic acids is 4. The molecule has 2 aromatic rings. The summed E-state index contributed by atoms with van der Waals surface area (Å²) in [6.45, 7) is 4.38. The highest BCUT2D eigenvalue weighted by molar-refractivity contribution is 6.01. The van der Waals surface area contributed by atoms with Gasteiger partial charge in [0.2, 0.25) is 17.7 Å². The molecule has 0 aliphatic carbocycles. The number of carbonyl (C=O) groups is 4. The zero-order chi connectivity index (χ0) is 24.1. The highest BCUT2D eigenvalue weighted by Gasteiger charge is 2.32. The fraction of sp³-hybridized carbons (Fsp3) is 0.478. The first kappa shape index (κ1) is 24.1. The van der Waals surface area contributed by atoms with Gasteiger partial charge in [-0.3, -0.25) is 19.2 Å². The Balaban J connectivity index is 1.74. The van der Waals surface area contributed by atoms with Crippen LogP contribution >= 0.6 is 0 Å². The number of methoxy groups -OCH3 is 1. The van der Waals surface area contributed by atoms with Crippen LogP contribution in [0.25, 0.3) is 10.9 Å². The van der Waals surface area contributed by atoms with Crippen molar-refractivity contribution in [3.05, 3.63) is 30.0 Å². The molecule has 3 rings (SSSR count). The van der Waals surface area contributed by atoms with Crippen molar-refractivity contribution in [3.63, 3.8) is 0 Å². The lowest BCUT2D eigenvalue weighted by Crippen LogP contribution is -2.54. The first-order valence-corrected chi connectivity index (χ1v) is 11.0. The van der Waals surface area contributed by atoms with E-state index in [1.165, 1.54) is 0 Å². The van der Waals surface area contributed by atoms with Gasteiger partial charge < -0.3 is 31.4 Å². The van der Waals surface area contributed by atoms with Gasteiger partial charge in [0.15, 0.2) is 0 Å². The van der Waals surface area contributed by atoms with Gasteiger partial charge in [-0.15, -0.1) is 0 Å². The maximum absolute atomic E-state index is 13.0. The van der Waals surface area contributed by atoms with Gasteiger partial charge in [-0.05, 0) is 43.4 Å². The SMILES string of the molecule is COc1cccc2[nH]c(C(=O)NC(CC(C)C)C(=O)NC(CC3CCNC3=O)C(N)=O)cc12. The first-order chi connectivity index (χ1) is 15.7. The second-order valence-electron chi connectivity index (χ2n) is 8.74. The van der Waals surface area contributed by atoms with E-state index in [2.05, 4.69) is 20.9 Å². The number of amides is 4. The monoisotopic (exact) mass is 457 g/mol. The third kappa shape index (κ3) is 5.82. The zero-order valence-electron chi connectivity index (χ0n) is 19.1. The third-order valence-corrected chi connectivity index (χ3v) is 5.76. The summed E-state index contributed by atoms with van der Waals surface area (Å²) in [5.74, 6) is -1.52. The second-order valence-corrected chi connectivity index (χ2v) is 8.74. The topological polar surface area (TPSA) is 155 Å². The minimum Gasteiger partial charge on any atom is -0.496 e. The number of hydrogen-bond acceptors (Lipinski definition) is 5. The van der Waals surface area contributed by atoms with Crippen molar-refractivity contribution in [1.29, 1.82) is 0 Å². The average molecular weight is 458 g/mol. The normalized spacial score (nSPS) is 17.5. The molecular formula is C23H31N5O5. The molecule has 0 saturated carbocycles. The molecule has 3 unspecified atom stereocenters. The lowest BCUT2D eigenvalue weighted by Gasteiger charge is -2.24. The highest BCUT2D eigenvalue weighted by Crippen LogP contribution is 2.26. The summed E-state index contributed by atoms with van der Waals surface area (Å²) in [6.07, 6.45) is 1.06. The maximum Gasteiger partial charge on any atom is 0.268 e. The number of ether oxygens (including phenoxy) is 1. The van der Waals surface area contributed by atoms with Crippen molar-refractivity contribution >= 4 is 34.5 Å². The zero-order valence-corrected chi connectivity index (χ0v) is 19.1. The summed E-state index contributed by atoms with van der Waals surface area (Å²) in [5, 5.41) is 8.84. The number of fused-ring (bicyclic) bond motifs is 1. The number of aromatic amines is 1. The molecule has 2 heterocycles. The van der Waals surface area contributed by atoms with Crippen molar-refractivity contribution < 1.29 is 23.9 Å². The highest BCUT2D eigenvalue weighted by atomic mass is 16.5. The number of H-pyrrole nitrogens is 1. The van der Waals surface area contributed by atoms with Gasteiger partial charge in [0.1, 0.15) is 23.5 Å². The van der Waals surface area contributed by atoms with E-state index >= 15 is 0 Å². The summed E-state index contributed by atoms with van der Waals surface area (Å²) in [7, 11) is 1.55. The van der Waals surface area contributed by atoms with E-state index in [1.54, 1.807) is 19.2 Å². The summed E-state index contributed by atoms with van der Waals surface area (Å²) < 4.78 is 5.33. The van der Waals surface area contributed by atoms with Crippen LogP contribution in [-0.2, 0) is 14.4 Å². The van der Waals surface area contributed by atoms with Crippen molar-refractivity contribution in [2.75, 3.05) is 13.7 Å². The van der Waals surface area contributed by atoms with Crippen LogP contribution in [-0.4, -0.2) is 54.4 Å². The molecule has 1 saturated heterocycles. The van der Waals surface area contributed by atoms with Crippen LogP contribution in [0.15, 0.2) is 24.3 Å². The lowest BCUT2D eigenvalue weighted by molar-refractivity contribution is -0.130. The van der Waals surface area contributed by atoms with E-state index in [-0.39, 0.29) is 29.9 Å². The number of rotatable bonds is 10. The predicted molar refractivity (Wildman–Crippen MR) is 122 cm³/mol. The van der Waals surface area contributed by atoms with Crippen LogP contribution in [0.1, 0.15) is 43.6 Å². The van der Waals surface area contributed by atoms with Crippen LogP contribution in [0, 0.1) is 11.8 Å². The van der Waals surface area contributed by atoms with E-state index < -0.39 is 29.8 Å². The Bertz CT molecular complexity index is 1050. The minimum atomic E-state index is -1.00. The fourth-order valence-electron chi connectivity index (χ4n) is 4.04. The molecule has 0 bridgehead atoms. The molecule has 6 N–H and O–H groups in total. The summed E-state index contributed by atoms with van der Waals surface area (Å²) in [6, 6.07) is 5.20. The van der Waals surface area contributed by atoms with Crippen molar-refractivity contribution in [3.8, 4) is 5.75 Å². The Morgan fingerprint density at radius 1 is 1.21 bits per heavy atom. The molecule has 178 valence electrons. The fourth-order valence-corrected chi connectivity index (χ4v) is 4.04. The van der Waals surface area contributed by atoms with Crippen LogP contribution in [0.3, 0.4) is 0 Å². The molecule has 3 atom stereocenters. The van der Waals surface area contributed by atoms with Crippen LogP contribution < -0.4 is 26.4 Å². The lowest BCUT2D eigenvalue weighted by atomic mass is 9.97. The molecule has 0 radical (unpaired) electrons. The van der Waals surface area contributed by atoms with Crippen LogP contribution in [0.5, 0.6) is 5.75 Å². The van der Waals surface area contributed by atoms with Gasteiger partial charge in [0, 0.05) is 23.4 Å². The van der Waals surface area contributed by atoms with Crippen molar-refractivity contribution in [1.82, 2.24) is 20.9 Å². The van der Waals surface area contributed by atoms with E-state index in [0.717, 1.165) is 10.9 Å². The third-order valence-electron chi connectivity index (χ3n) is 5.76. The Hall–Kier alpha value is -3.56. The Morgan fingerprint density at radius 2 is 1.97 bits per heavy atom. The second kappa shape index (κ2) is 10.4. The van der Waals surface area contributed by atoms with Gasteiger partial charge in [-0.1, -0.05) is 19.9 Å². The first-order valence-electron chi connectivity index (χ1n) is 11.0. The Morgan fingerprint density at radius 3 is 2.58 bits per heavy atom. The largest absolute Gasteiger partial charge is 0.496 e. The minimum absolute atomic E-state index is 0.0940. The van der Waals surface area contributed by atoms with Crippen molar-refractivity contribution in [2.24, 2.45) is 17.6 Å². The van der Waals surface area contributed by atoms with Crippen LogP contribution in [0.2, 0.25) is 0 Å². The number of benzene rings is 1. The predicted octanol–water partition coefficient (Wildman–Crippen LogP) is 0.817. The number of primary amides is 1. The molecule has 10 nitrogen and oxygen atoms in total. The molecule has 1 aromatic heterocycles. The molecular weight excluding hydrogens is 426 g/mol. The van der Waals surface area contributed by atoms with Gasteiger partial charge in [-0.25, -0.2) is 0 Å². The van der Waals surface area contributed by atoms with Gasteiger partial charge in [0.05, 0.1) is 7.11 Å². The number of nitrogens with one attached hydrogen (secondary N) is 4. The number of hydrogen-bond donors (Lipinski definition) is 5. The molecule has 1 fully saturated rings. The van der Waals surface area contributed by atoms with Crippen LogP contribution in [0.4, 0.5) is 0 Å². The molecule has 1 aromatic carbocycles. The van der Waals surface area contributed by atoms with E-state index in [0.29, 0.717) is 25.1 Å². The Labute approximate surface area is 192 Å². The smallest absolute Gasteiger partial charge is 0.268 e. The van der Waals surface area contributed by atoms with E-state index in [9.17, 15) is 19.2 Å². The maximum atomic E-state index is 13.0. The summed E-state index contributed by atoms with van der Waals surface area (Å²) in [5.41, 5.74) is 6.50. The van der Waals surface area contributed by atoms with E-state index in [4.69, 9.17) is 10.5 Å². The summed E-state index contributed by atoms with van der Waals surface area (Å²) >= 11 is 0. The standard InChI is InChI=1S/C23H31N5O5/c1-12(2)9-17(22(31)27-16(20(24)29)10-13-7-8-25-21(13)30)28-23(32)18-11-14-15(26-18)5-4-6-19(14)33-3/h4-6,11-13,16-17,26H,7-10H2,1-3H3,(H2,24,29)(H,25,30)(H,27,31)(H,28,32). The molecule has 1 aliphatic heterocycles.